The zero-order valence-corrected chi connectivity index (χ0v) is 12.3. The molecule has 1 aliphatic heterocycles. The van der Waals surface area contributed by atoms with E-state index >= 15 is 0 Å². The van der Waals surface area contributed by atoms with Gasteiger partial charge in [0.15, 0.2) is 0 Å². The Morgan fingerprint density at radius 2 is 1.96 bits per heavy atom. The van der Waals surface area contributed by atoms with Crippen molar-refractivity contribution in [2.45, 2.75) is 38.2 Å². The average Bonchev–Trinajstić information content (AvgIpc) is 2.49. The molecule has 1 amide bonds. The molecule has 2 atom stereocenters. The second kappa shape index (κ2) is 6.57. The van der Waals surface area contributed by atoms with Crippen molar-refractivity contribution < 1.29 is 32.6 Å². The number of hydrogen-bond acceptors (Lipinski definition) is 3. The summed E-state index contributed by atoms with van der Waals surface area (Å²) in [4.78, 5) is 24.8. The summed E-state index contributed by atoms with van der Waals surface area (Å²) in [5.74, 6) is -1.97. The van der Waals surface area contributed by atoms with Gasteiger partial charge in [0.1, 0.15) is 18.8 Å². The monoisotopic (exact) mass is 331 g/mol. The molecule has 0 bridgehead atoms. The molecular weight excluding hydrogens is 315 g/mol. The molecule has 0 radical (unpaired) electrons. The van der Waals surface area contributed by atoms with Crippen LogP contribution in [0.1, 0.15) is 18.1 Å². The number of halogens is 3. The lowest BCUT2D eigenvalue weighted by molar-refractivity contribution is -0.190. The molecule has 1 unspecified atom stereocenters. The summed E-state index contributed by atoms with van der Waals surface area (Å²) >= 11 is 0. The first kappa shape index (κ1) is 17.3. The second-order valence-electron chi connectivity index (χ2n) is 5.36. The normalized spacial score (nSPS) is 19.1. The number of carboxylic acids is 1. The predicted octanol–water partition coefficient (Wildman–Crippen LogP) is 1.99. The van der Waals surface area contributed by atoms with Crippen LogP contribution in [0, 0.1) is 0 Å². The van der Waals surface area contributed by atoms with E-state index in [1.54, 1.807) is 24.3 Å². The van der Waals surface area contributed by atoms with Crippen molar-refractivity contribution >= 4 is 11.9 Å². The summed E-state index contributed by atoms with van der Waals surface area (Å²) in [7, 11) is 0. The number of fused-ring (bicyclic) bond motifs is 1. The fourth-order valence-corrected chi connectivity index (χ4v) is 2.50. The minimum Gasteiger partial charge on any atom is -0.480 e. The number of alkyl halides is 3. The van der Waals surface area contributed by atoms with Crippen molar-refractivity contribution in [1.82, 2.24) is 4.90 Å². The van der Waals surface area contributed by atoms with Gasteiger partial charge in [-0.2, -0.15) is 13.2 Å². The molecule has 23 heavy (non-hydrogen) atoms. The van der Waals surface area contributed by atoms with E-state index in [9.17, 15) is 27.9 Å². The smallest absolute Gasteiger partial charge is 0.411 e. The highest BCUT2D eigenvalue weighted by atomic mass is 19.4. The van der Waals surface area contributed by atoms with Crippen molar-refractivity contribution in [2.24, 2.45) is 0 Å². The number of nitrogens with zero attached hydrogens (tertiary/aromatic N) is 1. The van der Waals surface area contributed by atoms with E-state index in [1.807, 2.05) is 0 Å². The minimum absolute atomic E-state index is 0.0334. The maximum atomic E-state index is 12.3. The summed E-state index contributed by atoms with van der Waals surface area (Å²) < 4.78 is 41.1. The van der Waals surface area contributed by atoms with Gasteiger partial charge in [0.05, 0.1) is 0 Å². The Morgan fingerprint density at radius 1 is 1.35 bits per heavy atom. The Hall–Kier alpha value is -2.09. The molecule has 8 heteroatoms. The zero-order chi connectivity index (χ0) is 17.2. The van der Waals surface area contributed by atoms with Gasteiger partial charge in [0.2, 0.25) is 0 Å². The topological polar surface area (TPSA) is 66.8 Å². The van der Waals surface area contributed by atoms with E-state index in [-0.39, 0.29) is 13.0 Å². The number of aliphatic carboxylic acids is 1. The van der Waals surface area contributed by atoms with Gasteiger partial charge in [-0.3, -0.25) is 4.79 Å². The van der Waals surface area contributed by atoms with Crippen molar-refractivity contribution in [3.05, 3.63) is 35.4 Å². The number of benzene rings is 1. The molecule has 0 spiro atoms. The molecule has 1 aromatic carbocycles. The Kier molecular flexibility index (Phi) is 4.93. The third kappa shape index (κ3) is 4.22. The number of carboxylic acid groups (broad SMARTS) is 1. The van der Waals surface area contributed by atoms with Crippen LogP contribution in [-0.4, -0.2) is 46.8 Å². The van der Waals surface area contributed by atoms with Crippen LogP contribution in [0.3, 0.4) is 0 Å². The molecule has 0 fully saturated rings. The fraction of sp³-hybridized carbons (Fsp3) is 0.467. The van der Waals surface area contributed by atoms with E-state index < -0.39 is 36.8 Å². The molecule has 0 saturated carbocycles. The minimum atomic E-state index is -4.55. The highest BCUT2D eigenvalue weighted by Crippen LogP contribution is 2.25. The first-order valence-corrected chi connectivity index (χ1v) is 6.97. The quantitative estimate of drug-likeness (QED) is 0.916. The van der Waals surface area contributed by atoms with Crippen LogP contribution in [0.4, 0.5) is 13.2 Å². The van der Waals surface area contributed by atoms with Gasteiger partial charge < -0.3 is 14.7 Å². The molecule has 126 valence electrons. The number of ether oxygens (including phenoxy) is 1. The largest absolute Gasteiger partial charge is 0.480 e. The van der Waals surface area contributed by atoms with Crippen LogP contribution in [0.2, 0.25) is 0 Å². The lowest BCUT2D eigenvalue weighted by Gasteiger charge is -2.35. The third-order valence-electron chi connectivity index (χ3n) is 3.66. The zero-order valence-electron chi connectivity index (χ0n) is 12.3. The van der Waals surface area contributed by atoms with E-state index in [0.29, 0.717) is 0 Å². The molecule has 1 heterocycles. The van der Waals surface area contributed by atoms with Gasteiger partial charge in [-0.05, 0) is 18.1 Å². The average molecular weight is 331 g/mol. The highest BCUT2D eigenvalue weighted by molar-refractivity contribution is 5.87. The molecule has 0 aliphatic carbocycles. The standard InChI is InChI=1S/C15H16F3NO4/c1-9(23-8-15(16,17)18)13(20)19-7-11-5-3-2-4-10(11)6-12(19)14(21)22/h2-5,9,12H,6-8H2,1H3,(H,21,22)/t9?,12-/m0/s1. The van der Waals surface area contributed by atoms with Crippen molar-refractivity contribution in [3.8, 4) is 0 Å². The van der Waals surface area contributed by atoms with Crippen molar-refractivity contribution in [3.63, 3.8) is 0 Å². The van der Waals surface area contributed by atoms with Crippen molar-refractivity contribution in [2.75, 3.05) is 6.61 Å². The van der Waals surface area contributed by atoms with Crippen LogP contribution in [0.25, 0.3) is 0 Å². The van der Waals surface area contributed by atoms with E-state index in [2.05, 4.69) is 4.74 Å². The summed E-state index contributed by atoms with van der Waals surface area (Å²) in [6.07, 6.45) is -5.80. The van der Waals surface area contributed by atoms with Crippen LogP contribution in [0.5, 0.6) is 0 Å². The molecule has 0 aromatic heterocycles. The number of hydrogen-bond donors (Lipinski definition) is 1. The lowest BCUT2D eigenvalue weighted by atomic mass is 9.93. The summed E-state index contributed by atoms with van der Waals surface area (Å²) in [6, 6.07) is 5.94. The second-order valence-corrected chi connectivity index (χ2v) is 5.36. The molecular formula is C15H16F3NO4. The van der Waals surface area contributed by atoms with E-state index in [4.69, 9.17) is 0 Å². The summed E-state index contributed by atoms with van der Waals surface area (Å²) in [5.41, 5.74) is 1.59. The summed E-state index contributed by atoms with van der Waals surface area (Å²) in [5, 5.41) is 9.31. The summed E-state index contributed by atoms with van der Waals surface area (Å²) in [6.45, 7) is -0.332. The third-order valence-corrected chi connectivity index (χ3v) is 3.66. The lowest BCUT2D eigenvalue weighted by Crippen LogP contribution is -2.52. The maximum Gasteiger partial charge on any atom is 0.411 e. The number of carbonyl (C=O) groups is 2. The molecule has 1 N–H and O–H groups in total. The van der Waals surface area contributed by atoms with E-state index in [0.717, 1.165) is 16.0 Å². The van der Waals surface area contributed by atoms with Crippen LogP contribution >= 0.6 is 0 Å². The SMILES string of the molecule is CC(OCC(F)(F)F)C(=O)N1Cc2ccccc2C[C@H]1C(=O)O. The Morgan fingerprint density at radius 3 is 2.52 bits per heavy atom. The maximum absolute atomic E-state index is 12.3. The first-order chi connectivity index (χ1) is 10.7. The van der Waals surface area contributed by atoms with Gasteiger partial charge >= 0.3 is 12.1 Å². The van der Waals surface area contributed by atoms with Gasteiger partial charge in [0, 0.05) is 13.0 Å². The van der Waals surface area contributed by atoms with Gasteiger partial charge in [-0.15, -0.1) is 0 Å². The van der Waals surface area contributed by atoms with Crippen LogP contribution in [-0.2, 0) is 27.3 Å². The highest BCUT2D eigenvalue weighted by Gasteiger charge is 2.37. The number of rotatable bonds is 4. The number of carbonyl (C=O) groups excluding carboxylic acids is 1. The first-order valence-electron chi connectivity index (χ1n) is 6.97. The van der Waals surface area contributed by atoms with Gasteiger partial charge in [0.25, 0.3) is 5.91 Å². The molecule has 2 rings (SSSR count). The Bertz CT molecular complexity index is 603. The number of amides is 1. The Balaban J connectivity index is 2.15. The van der Waals surface area contributed by atoms with Crippen LogP contribution < -0.4 is 0 Å². The Labute approximate surface area is 130 Å². The molecule has 5 nitrogen and oxygen atoms in total. The molecule has 0 saturated heterocycles. The molecule has 1 aliphatic rings. The van der Waals surface area contributed by atoms with E-state index in [1.165, 1.54) is 6.92 Å². The van der Waals surface area contributed by atoms with Crippen molar-refractivity contribution in [1.29, 1.82) is 0 Å². The fourth-order valence-electron chi connectivity index (χ4n) is 2.50. The predicted molar refractivity (Wildman–Crippen MR) is 73.6 cm³/mol. The van der Waals surface area contributed by atoms with Gasteiger partial charge in [-0.25, -0.2) is 4.79 Å². The van der Waals surface area contributed by atoms with Crippen LogP contribution in [0.15, 0.2) is 24.3 Å². The van der Waals surface area contributed by atoms with Gasteiger partial charge in [-0.1, -0.05) is 24.3 Å². The molecule has 1 aromatic rings.